The van der Waals surface area contributed by atoms with Crippen molar-refractivity contribution in [2.75, 3.05) is 0 Å². The van der Waals surface area contributed by atoms with Gasteiger partial charge in [-0.3, -0.25) is 9.36 Å². The van der Waals surface area contributed by atoms with Crippen molar-refractivity contribution >= 4 is 16.8 Å². The Labute approximate surface area is 115 Å². The maximum atomic E-state index is 13.7. The summed E-state index contributed by atoms with van der Waals surface area (Å²) < 4.78 is 20.0. The van der Waals surface area contributed by atoms with E-state index in [0.29, 0.717) is 17.9 Å². The predicted octanol–water partition coefficient (Wildman–Crippen LogP) is 3.29. The minimum atomic E-state index is -0.702. The Bertz CT molecular complexity index is 766. The second kappa shape index (κ2) is 5.69. The molecule has 5 heteroatoms. The first-order valence-corrected chi connectivity index (χ1v) is 6.28. The van der Waals surface area contributed by atoms with Gasteiger partial charge in [0, 0.05) is 6.42 Å². The fourth-order valence-corrected chi connectivity index (χ4v) is 2.00. The third-order valence-electron chi connectivity index (χ3n) is 2.83. The molecule has 104 valence electrons. The third-order valence-corrected chi connectivity index (χ3v) is 2.83. The number of hydrogen-bond donors (Lipinski definition) is 0. The fraction of sp³-hybridized carbons (Fsp3) is 0.200. The summed E-state index contributed by atoms with van der Waals surface area (Å²) in [5, 5.41) is -0.137. The average molecular weight is 274 g/mol. The SMILES string of the molecule is C=C/C=C(\C=C/C)n1c(CC)nc2occ(F)c2c1=O. The predicted molar refractivity (Wildman–Crippen MR) is 76.9 cm³/mol. The topological polar surface area (TPSA) is 48.0 Å². The number of nitrogens with zero attached hydrogens (tertiary/aromatic N) is 2. The van der Waals surface area contributed by atoms with Crippen LogP contribution in [0, 0.1) is 5.82 Å². The first kappa shape index (κ1) is 14.0. The summed E-state index contributed by atoms with van der Waals surface area (Å²) in [6, 6.07) is 0. The summed E-state index contributed by atoms with van der Waals surface area (Å²) in [6.07, 6.45) is 8.18. The van der Waals surface area contributed by atoms with Gasteiger partial charge in [0.05, 0.1) is 5.70 Å². The average Bonchev–Trinajstić information content (AvgIpc) is 2.80. The van der Waals surface area contributed by atoms with Crippen LogP contribution in [0.15, 0.2) is 46.4 Å². The number of fused-ring (bicyclic) bond motifs is 1. The van der Waals surface area contributed by atoms with Crippen LogP contribution in [-0.2, 0) is 6.42 Å². The van der Waals surface area contributed by atoms with Crippen molar-refractivity contribution in [2.24, 2.45) is 0 Å². The largest absolute Gasteiger partial charge is 0.443 e. The Morgan fingerprint density at radius 2 is 2.35 bits per heavy atom. The molecule has 2 heterocycles. The number of aromatic nitrogens is 2. The van der Waals surface area contributed by atoms with Crippen LogP contribution in [-0.4, -0.2) is 9.55 Å². The van der Waals surface area contributed by atoms with E-state index < -0.39 is 11.4 Å². The second-order valence-corrected chi connectivity index (χ2v) is 4.11. The standard InChI is InChI=1S/C15H15FN2O2/c1-4-7-10(8-5-2)18-12(6-3)17-14-13(15(18)19)11(16)9-20-14/h4-5,7-9H,1,6H2,2-3H3/b8-5-,10-7+. The molecule has 0 unspecified atom stereocenters. The van der Waals surface area contributed by atoms with Crippen LogP contribution in [0.3, 0.4) is 0 Å². The van der Waals surface area contributed by atoms with Gasteiger partial charge in [0.25, 0.3) is 5.56 Å². The lowest BCUT2D eigenvalue weighted by molar-refractivity contribution is 0.551. The molecule has 0 aromatic carbocycles. The lowest BCUT2D eigenvalue weighted by Crippen LogP contribution is -2.24. The number of halogens is 1. The molecule has 0 saturated carbocycles. The molecule has 4 nitrogen and oxygen atoms in total. The van der Waals surface area contributed by atoms with Crippen molar-refractivity contribution in [2.45, 2.75) is 20.3 Å². The lowest BCUT2D eigenvalue weighted by Gasteiger charge is -2.11. The number of aryl methyl sites for hydroxylation is 1. The molecule has 0 amide bonds. The molecule has 0 aliphatic heterocycles. The zero-order valence-electron chi connectivity index (χ0n) is 11.4. The number of allylic oxidation sites excluding steroid dienone is 5. The first-order chi connectivity index (χ1) is 9.63. The Morgan fingerprint density at radius 1 is 1.60 bits per heavy atom. The van der Waals surface area contributed by atoms with E-state index in [4.69, 9.17) is 4.42 Å². The summed E-state index contributed by atoms with van der Waals surface area (Å²) in [5.41, 5.74) is 0.127. The molecule has 20 heavy (non-hydrogen) atoms. The van der Waals surface area contributed by atoms with E-state index >= 15 is 0 Å². The van der Waals surface area contributed by atoms with Crippen LogP contribution in [0.1, 0.15) is 19.7 Å². The van der Waals surface area contributed by atoms with Gasteiger partial charge in [-0.2, -0.15) is 4.98 Å². The van der Waals surface area contributed by atoms with Gasteiger partial charge in [-0.05, 0) is 19.1 Å². The molecule has 0 bridgehead atoms. The number of rotatable bonds is 4. The molecular weight excluding hydrogens is 259 g/mol. The highest BCUT2D eigenvalue weighted by Crippen LogP contribution is 2.17. The zero-order valence-corrected chi connectivity index (χ0v) is 11.4. The molecule has 2 aromatic rings. The molecule has 0 saturated heterocycles. The number of furan rings is 1. The van der Waals surface area contributed by atoms with Gasteiger partial charge in [0.2, 0.25) is 5.71 Å². The molecule has 2 aromatic heterocycles. The van der Waals surface area contributed by atoms with E-state index in [1.54, 1.807) is 24.3 Å². The van der Waals surface area contributed by atoms with Gasteiger partial charge in [-0.15, -0.1) is 0 Å². The quantitative estimate of drug-likeness (QED) is 0.804. The van der Waals surface area contributed by atoms with E-state index in [9.17, 15) is 9.18 Å². The minimum absolute atomic E-state index is 0.0269. The first-order valence-electron chi connectivity index (χ1n) is 6.28. The molecule has 0 aliphatic carbocycles. The summed E-state index contributed by atoms with van der Waals surface area (Å²) in [7, 11) is 0. The van der Waals surface area contributed by atoms with E-state index in [2.05, 4.69) is 11.6 Å². The highest BCUT2D eigenvalue weighted by molar-refractivity contribution is 5.75. The van der Waals surface area contributed by atoms with Crippen LogP contribution in [0.2, 0.25) is 0 Å². The summed E-state index contributed by atoms with van der Waals surface area (Å²) >= 11 is 0. The van der Waals surface area contributed by atoms with Crippen molar-refractivity contribution in [3.63, 3.8) is 0 Å². The van der Waals surface area contributed by atoms with Crippen LogP contribution in [0.4, 0.5) is 4.39 Å². The fourth-order valence-electron chi connectivity index (χ4n) is 2.00. The maximum absolute atomic E-state index is 13.7. The van der Waals surface area contributed by atoms with Gasteiger partial charge >= 0.3 is 0 Å². The van der Waals surface area contributed by atoms with Gasteiger partial charge in [0.1, 0.15) is 17.5 Å². The van der Waals surface area contributed by atoms with Gasteiger partial charge in [-0.1, -0.05) is 25.7 Å². The third kappa shape index (κ3) is 2.22. The summed E-state index contributed by atoms with van der Waals surface area (Å²) in [5.74, 6) is -0.199. The second-order valence-electron chi connectivity index (χ2n) is 4.11. The van der Waals surface area contributed by atoms with Crippen LogP contribution < -0.4 is 5.56 Å². The molecule has 0 atom stereocenters. The van der Waals surface area contributed by atoms with Crippen molar-refractivity contribution in [1.82, 2.24) is 9.55 Å². The number of hydrogen-bond acceptors (Lipinski definition) is 3. The Kier molecular flexibility index (Phi) is 3.98. The molecule has 0 N–H and O–H groups in total. The monoisotopic (exact) mass is 274 g/mol. The molecule has 0 fully saturated rings. The Balaban J connectivity index is 2.89. The highest BCUT2D eigenvalue weighted by Gasteiger charge is 2.17. The van der Waals surface area contributed by atoms with Crippen LogP contribution in [0.25, 0.3) is 16.8 Å². The van der Waals surface area contributed by atoms with Gasteiger partial charge in [-0.25, -0.2) is 4.39 Å². The van der Waals surface area contributed by atoms with E-state index in [1.165, 1.54) is 4.57 Å². The molecule has 2 rings (SSSR count). The normalized spacial score (nSPS) is 12.4. The Morgan fingerprint density at radius 3 is 2.95 bits per heavy atom. The summed E-state index contributed by atoms with van der Waals surface area (Å²) in [6.45, 7) is 7.32. The van der Waals surface area contributed by atoms with Crippen molar-refractivity contribution < 1.29 is 8.81 Å². The molecule has 0 spiro atoms. The van der Waals surface area contributed by atoms with Gasteiger partial charge in [0.15, 0.2) is 5.82 Å². The van der Waals surface area contributed by atoms with Crippen LogP contribution >= 0.6 is 0 Å². The minimum Gasteiger partial charge on any atom is -0.443 e. The maximum Gasteiger partial charge on any atom is 0.272 e. The highest BCUT2D eigenvalue weighted by atomic mass is 19.1. The van der Waals surface area contributed by atoms with E-state index in [-0.39, 0.29) is 11.1 Å². The van der Waals surface area contributed by atoms with E-state index in [1.807, 2.05) is 13.8 Å². The zero-order chi connectivity index (χ0) is 14.7. The smallest absolute Gasteiger partial charge is 0.272 e. The van der Waals surface area contributed by atoms with Crippen molar-refractivity contribution in [3.05, 3.63) is 59.1 Å². The van der Waals surface area contributed by atoms with Crippen LogP contribution in [0.5, 0.6) is 0 Å². The molecule has 0 aliphatic rings. The van der Waals surface area contributed by atoms with Gasteiger partial charge < -0.3 is 4.42 Å². The van der Waals surface area contributed by atoms with Crippen molar-refractivity contribution in [1.29, 1.82) is 0 Å². The Hall–Kier alpha value is -2.43. The van der Waals surface area contributed by atoms with E-state index in [0.717, 1.165) is 6.26 Å². The molecular formula is C15H15FN2O2. The lowest BCUT2D eigenvalue weighted by atomic mass is 10.3. The summed E-state index contributed by atoms with van der Waals surface area (Å²) in [4.78, 5) is 16.7. The van der Waals surface area contributed by atoms with Crippen molar-refractivity contribution in [3.8, 4) is 0 Å². The molecule has 0 radical (unpaired) electrons.